The van der Waals surface area contributed by atoms with E-state index in [1.165, 1.54) is 25.7 Å². The van der Waals surface area contributed by atoms with Crippen molar-refractivity contribution < 1.29 is 4.74 Å². The van der Waals surface area contributed by atoms with Gasteiger partial charge in [-0.3, -0.25) is 4.90 Å². The first-order valence-electron chi connectivity index (χ1n) is 7.11. The van der Waals surface area contributed by atoms with Gasteiger partial charge in [0.25, 0.3) is 0 Å². The summed E-state index contributed by atoms with van der Waals surface area (Å²) in [5.74, 6) is 1.52. The molecule has 3 heteroatoms. The fourth-order valence-corrected chi connectivity index (χ4v) is 2.21. The summed E-state index contributed by atoms with van der Waals surface area (Å²) in [6, 6.07) is 0.812. The SMILES string of the molecule is CC(C)CCOCCN(CCCCl)C1CCC1. The molecule has 0 aromatic rings. The molecule has 0 saturated heterocycles. The van der Waals surface area contributed by atoms with E-state index in [-0.39, 0.29) is 0 Å². The van der Waals surface area contributed by atoms with Crippen LogP contribution in [0.4, 0.5) is 0 Å². The summed E-state index contributed by atoms with van der Waals surface area (Å²) in [5, 5.41) is 0. The van der Waals surface area contributed by atoms with Crippen molar-refractivity contribution in [1.29, 1.82) is 0 Å². The van der Waals surface area contributed by atoms with Gasteiger partial charge in [-0.2, -0.15) is 0 Å². The Kier molecular flexibility index (Phi) is 8.25. The third-order valence-electron chi connectivity index (χ3n) is 3.53. The topological polar surface area (TPSA) is 12.5 Å². The number of hydrogen-bond donors (Lipinski definition) is 0. The van der Waals surface area contributed by atoms with Gasteiger partial charge in [0.1, 0.15) is 0 Å². The van der Waals surface area contributed by atoms with Crippen LogP contribution in [0.2, 0.25) is 0 Å². The second-order valence-corrected chi connectivity index (χ2v) is 5.84. The summed E-state index contributed by atoms with van der Waals surface area (Å²) in [5.41, 5.74) is 0. The van der Waals surface area contributed by atoms with Crippen molar-refractivity contribution in [1.82, 2.24) is 4.90 Å². The normalized spacial score (nSPS) is 16.8. The minimum atomic E-state index is 0.744. The van der Waals surface area contributed by atoms with Crippen molar-refractivity contribution in [3.63, 3.8) is 0 Å². The van der Waals surface area contributed by atoms with Crippen molar-refractivity contribution in [2.24, 2.45) is 5.92 Å². The van der Waals surface area contributed by atoms with Crippen molar-refractivity contribution in [2.75, 3.05) is 32.2 Å². The molecular formula is C14H28ClNO. The summed E-state index contributed by atoms with van der Waals surface area (Å²) >= 11 is 5.77. The second kappa shape index (κ2) is 9.18. The fraction of sp³-hybridized carbons (Fsp3) is 1.00. The molecule has 0 aromatic carbocycles. The molecule has 0 spiro atoms. The van der Waals surface area contributed by atoms with Gasteiger partial charge >= 0.3 is 0 Å². The number of alkyl halides is 1. The minimum Gasteiger partial charge on any atom is -0.380 e. The van der Waals surface area contributed by atoms with Crippen LogP contribution in [0.15, 0.2) is 0 Å². The summed E-state index contributed by atoms with van der Waals surface area (Å²) in [6.45, 7) is 8.49. The Labute approximate surface area is 112 Å². The molecule has 0 aliphatic heterocycles. The Bertz CT molecular complexity index is 183. The lowest BCUT2D eigenvalue weighted by atomic mass is 9.91. The van der Waals surface area contributed by atoms with Crippen LogP contribution in [0.1, 0.15) is 46.0 Å². The zero-order valence-electron chi connectivity index (χ0n) is 11.5. The lowest BCUT2D eigenvalue weighted by Crippen LogP contribution is -2.42. The maximum atomic E-state index is 5.77. The van der Waals surface area contributed by atoms with Crippen LogP contribution in [0.25, 0.3) is 0 Å². The molecule has 102 valence electrons. The molecule has 0 heterocycles. The number of halogens is 1. The smallest absolute Gasteiger partial charge is 0.0593 e. The standard InChI is InChI=1S/C14H28ClNO/c1-13(2)7-11-17-12-10-16(9-4-8-15)14-5-3-6-14/h13-14H,3-12H2,1-2H3. The van der Waals surface area contributed by atoms with Crippen LogP contribution in [0.5, 0.6) is 0 Å². The van der Waals surface area contributed by atoms with E-state index in [9.17, 15) is 0 Å². The zero-order valence-corrected chi connectivity index (χ0v) is 12.2. The Morgan fingerprint density at radius 1 is 1.24 bits per heavy atom. The lowest BCUT2D eigenvalue weighted by Gasteiger charge is -2.37. The quantitative estimate of drug-likeness (QED) is 0.441. The molecule has 0 bridgehead atoms. The monoisotopic (exact) mass is 261 g/mol. The first-order chi connectivity index (χ1) is 8.24. The Hall–Kier alpha value is 0.210. The molecule has 1 aliphatic rings. The molecule has 2 nitrogen and oxygen atoms in total. The van der Waals surface area contributed by atoms with Crippen molar-refractivity contribution in [3.05, 3.63) is 0 Å². The zero-order chi connectivity index (χ0) is 12.5. The maximum Gasteiger partial charge on any atom is 0.0593 e. The predicted molar refractivity (Wildman–Crippen MR) is 74.8 cm³/mol. The summed E-state index contributed by atoms with van der Waals surface area (Å²) in [4.78, 5) is 2.57. The van der Waals surface area contributed by atoms with Gasteiger partial charge in [0.15, 0.2) is 0 Å². The molecule has 0 N–H and O–H groups in total. The van der Waals surface area contributed by atoms with Gasteiger partial charge in [-0.25, -0.2) is 0 Å². The summed E-state index contributed by atoms with van der Waals surface area (Å²) < 4.78 is 5.70. The fourth-order valence-electron chi connectivity index (χ4n) is 2.09. The average molecular weight is 262 g/mol. The molecule has 0 aromatic heterocycles. The minimum absolute atomic E-state index is 0.744. The maximum absolute atomic E-state index is 5.77. The van der Waals surface area contributed by atoms with Crippen LogP contribution < -0.4 is 0 Å². The van der Waals surface area contributed by atoms with Crippen LogP contribution in [0.3, 0.4) is 0 Å². The van der Waals surface area contributed by atoms with Crippen LogP contribution >= 0.6 is 11.6 Å². The molecule has 17 heavy (non-hydrogen) atoms. The molecule has 0 atom stereocenters. The predicted octanol–water partition coefficient (Wildman–Crippen LogP) is 3.53. The molecule has 1 rings (SSSR count). The molecule has 1 aliphatic carbocycles. The van der Waals surface area contributed by atoms with Crippen molar-refractivity contribution in [2.45, 2.75) is 52.0 Å². The Morgan fingerprint density at radius 2 is 2.00 bits per heavy atom. The molecule has 0 radical (unpaired) electrons. The largest absolute Gasteiger partial charge is 0.380 e. The van der Waals surface area contributed by atoms with E-state index in [2.05, 4.69) is 18.7 Å². The van der Waals surface area contributed by atoms with Gasteiger partial charge in [0.2, 0.25) is 0 Å². The van der Waals surface area contributed by atoms with E-state index in [0.717, 1.165) is 50.6 Å². The molecule has 1 fully saturated rings. The van der Waals surface area contributed by atoms with Crippen LogP contribution in [0, 0.1) is 5.92 Å². The highest BCUT2D eigenvalue weighted by Gasteiger charge is 2.23. The third kappa shape index (κ3) is 6.64. The molecule has 0 amide bonds. The highest BCUT2D eigenvalue weighted by Crippen LogP contribution is 2.24. The van der Waals surface area contributed by atoms with E-state index >= 15 is 0 Å². The van der Waals surface area contributed by atoms with Crippen molar-refractivity contribution in [3.8, 4) is 0 Å². The number of ether oxygens (including phenoxy) is 1. The van der Waals surface area contributed by atoms with E-state index in [1.54, 1.807) is 0 Å². The lowest BCUT2D eigenvalue weighted by molar-refractivity contribution is 0.0606. The number of nitrogens with zero attached hydrogens (tertiary/aromatic N) is 1. The van der Waals surface area contributed by atoms with Gasteiger partial charge in [0.05, 0.1) is 6.61 Å². The van der Waals surface area contributed by atoms with Gasteiger partial charge in [-0.15, -0.1) is 11.6 Å². The van der Waals surface area contributed by atoms with E-state index in [0.29, 0.717) is 0 Å². The Balaban J connectivity index is 2.06. The van der Waals surface area contributed by atoms with Gasteiger partial charge in [-0.1, -0.05) is 20.3 Å². The highest BCUT2D eigenvalue weighted by atomic mass is 35.5. The number of rotatable bonds is 10. The summed E-state index contributed by atoms with van der Waals surface area (Å²) in [6.07, 6.45) is 6.41. The van der Waals surface area contributed by atoms with Gasteiger partial charge in [0, 0.05) is 25.1 Å². The van der Waals surface area contributed by atoms with E-state index < -0.39 is 0 Å². The highest BCUT2D eigenvalue weighted by molar-refractivity contribution is 6.17. The Morgan fingerprint density at radius 3 is 2.53 bits per heavy atom. The second-order valence-electron chi connectivity index (χ2n) is 5.46. The van der Waals surface area contributed by atoms with Crippen molar-refractivity contribution >= 4 is 11.6 Å². The van der Waals surface area contributed by atoms with E-state index in [4.69, 9.17) is 16.3 Å². The summed E-state index contributed by atoms with van der Waals surface area (Å²) in [7, 11) is 0. The third-order valence-corrected chi connectivity index (χ3v) is 3.80. The van der Waals surface area contributed by atoms with Crippen LogP contribution in [-0.4, -0.2) is 43.1 Å². The first-order valence-corrected chi connectivity index (χ1v) is 7.65. The average Bonchev–Trinajstić information content (AvgIpc) is 2.21. The van der Waals surface area contributed by atoms with E-state index in [1.807, 2.05) is 0 Å². The first kappa shape index (κ1) is 15.3. The number of hydrogen-bond acceptors (Lipinski definition) is 2. The van der Waals surface area contributed by atoms with Gasteiger partial charge < -0.3 is 4.74 Å². The van der Waals surface area contributed by atoms with Crippen LogP contribution in [-0.2, 0) is 4.74 Å². The molecule has 0 unspecified atom stereocenters. The molecular weight excluding hydrogens is 234 g/mol. The van der Waals surface area contributed by atoms with Gasteiger partial charge in [-0.05, 0) is 38.1 Å². The molecule has 1 saturated carbocycles.